The van der Waals surface area contributed by atoms with Crippen LogP contribution in [0.4, 0.5) is 34.1 Å². The number of hydrogen-bond acceptors (Lipinski definition) is 4. The second-order valence-corrected chi connectivity index (χ2v) is 17.5. The fraction of sp³-hybridized carbons (Fsp3) is 0.138. The average Bonchev–Trinajstić information content (AvgIpc) is 3.80. The molecular weight excluding hydrogens is 757 g/mol. The summed E-state index contributed by atoms with van der Waals surface area (Å²) in [5, 5.41) is 8.95. The van der Waals surface area contributed by atoms with Crippen LogP contribution in [0.5, 0.6) is 0 Å². The van der Waals surface area contributed by atoms with E-state index in [1.165, 1.54) is 66.7 Å². The Bertz CT molecular complexity index is 3370. The van der Waals surface area contributed by atoms with E-state index in [9.17, 15) is 0 Å². The monoisotopic (exact) mass is 804 g/mol. The van der Waals surface area contributed by atoms with Crippen LogP contribution in [-0.4, -0.2) is 0 Å². The van der Waals surface area contributed by atoms with E-state index in [2.05, 4.69) is 211 Å². The van der Waals surface area contributed by atoms with E-state index in [-0.39, 0.29) is 0 Å². The highest BCUT2D eigenvalue weighted by molar-refractivity contribution is 6.18. The Morgan fingerprint density at radius 1 is 0.290 bits per heavy atom. The number of nitrogens with zero attached hydrogens (tertiary/aromatic N) is 2. The van der Waals surface area contributed by atoms with Crippen LogP contribution < -0.4 is 9.80 Å². The fourth-order valence-electron chi connectivity index (χ4n) is 9.39. The van der Waals surface area contributed by atoms with Gasteiger partial charge in [-0.25, -0.2) is 0 Å². The first-order chi connectivity index (χ1) is 30.0. The lowest BCUT2D eigenvalue weighted by Gasteiger charge is -2.28. The molecule has 0 saturated heterocycles. The first-order valence-corrected chi connectivity index (χ1v) is 21.6. The molecule has 0 aliphatic rings. The van der Waals surface area contributed by atoms with Crippen molar-refractivity contribution < 1.29 is 8.83 Å². The zero-order chi connectivity index (χ0) is 42.6. The molecule has 302 valence electrons. The minimum Gasteiger partial charge on any atom is -0.456 e. The SMILES string of the molecule is Cc1ccc(N(c2ccc3cc4c(cc3c2)oc2cc3oc5cc6cc(N(c7ccc(C)cc7)c7ccc(C)c(C)c7C)ccc6cc5c3cc24)c2ccc(C)c(C)c2C)cc1. The third-order valence-electron chi connectivity index (χ3n) is 13.6. The Hall–Kier alpha value is -7.30. The van der Waals surface area contributed by atoms with Gasteiger partial charge in [0.2, 0.25) is 0 Å². The Morgan fingerprint density at radius 3 is 1.08 bits per heavy atom. The van der Waals surface area contributed by atoms with E-state index in [0.717, 1.165) is 77.4 Å². The van der Waals surface area contributed by atoms with Gasteiger partial charge >= 0.3 is 0 Å². The molecule has 0 amide bonds. The third kappa shape index (κ3) is 6.04. The number of hydrogen-bond donors (Lipinski definition) is 0. The minimum absolute atomic E-state index is 0.818. The van der Waals surface area contributed by atoms with E-state index in [1.807, 2.05) is 0 Å². The van der Waals surface area contributed by atoms with Gasteiger partial charge in [-0.05, 0) is 201 Å². The summed E-state index contributed by atoms with van der Waals surface area (Å²) in [7, 11) is 0. The van der Waals surface area contributed by atoms with Gasteiger partial charge in [-0.2, -0.15) is 0 Å². The maximum atomic E-state index is 6.65. The quantitative estimate of drug-likeness (QED) is 0.168. The zero-order valence-electron chi connectivity index (χ0n) is 36.6. The third-order valence-corrected chi connectivity index (χ3v) is 13.6. The Morgan fingerprint density at radius 2 is 0.661 bits per heavy atom. The van der Waals surface area contributed by atoms with Crippen molar-refractivity contribution >= 4 is 99.5 Å². The van der Waals surface area contributed by atoms with Crippen LogP contribution in [-0.2, 0) is 0 Å². The van der Waals surface area contributed by atoms with Gasteiger partial charge < -0.3 is 18.6 Å². The van der Waals surface area contributed by atoms with Gasteiger partial charge in [0.25, 0.3) is 0 Å². The molecule has 0 spiro atoms. The molecule has 0 N–H and O–H groups in total. The number of furan rings is 2. The summed E-state index contributed by atoms with van der Waals surface area (Å²) in [6.45, 7) is 17.5. The smallest absolute Gasteiger partial charge is 0.139 e. The Labute approximate surface area is 362 Å². The van der Waals surface area contributed by atoms with Gasteiger partial charge in [0, 0.05) is 61.7 Å². The van der Waals surface area contributed by atoms with E-state index < -0.39 is 0 Å². The molecule has 2 aromatic heterocycles. The summed E-state index contributed by atoms with van der Waals surface area (Å²) in [5.74, 6) is 0. The van der Waals surface area contributed by atoms with Gasteiger partial charge in [-0.3, -0.25) is 0 Å². The molecule has 0 bridgehead atoms. The van der Waals surface area contributed by atoms with E-state index in [1.54, 1.807) is 0 Å². The van der Waals surface area contributed by atoms with E-state index in [4.69, 9.17) is 8.83 Å². The van der Waals surface area contributed by atoms with Crippen molar-refractivity contribution in [3.63, 3.8) is 0 Å². The van der Waals surface area contributed by atoms with Crippen molar-refractivity contribution in [1.82, 2.24) is 0 Å². The van der Waals surface area contributed by atoms with Crippen LogP contribution in [0.1, 0.15) is 44.5 Å². The number of fused-ring (bicyclic) bond motifs is 8. The van der Waals surface area contributed by atoms with Gasteiger partial charge in [0.1, 0.15) is 22.3 Å². The van der Waals surface area contributed by atoms with Crippen molar-refractivity contribution in [1.29, 1.82) is 0 Å². The molecule has 0 aliphatic carbocycles. The maximum absolute atomic E-state index is 6.65. The van der Waals surface area contributed by atoms with E-state index >= 15 is 0 Å². The molecule has 0 atom stereocenters. The molecule has 9 aromatic carbocycles. The highest BCUT2D eigenvalue weighted by Crippen LogP contribution is 2.44. The number of aryl methyl sites for hydroxylation is 4. The Balaban J connectivity index is 1.01. The largest absolute Gasteiger partial charge is 0.456 e. The van der Waals surface area contributed by atoms with Gasteiger partial charge in [0.15, 0.2) is 0 Å². The van der Waals surface area contributed by atoms with Crippen molar-refractivity contribution in [3.05, 3.63) is 190 Å². The summed E-state index contributed by atoms with van der Waals surface area (Å²) < 4.78 is 13.3. The number of benzene rings is 9. The molecule has 11 aromatic rings. The molecule has 0 saturated carbocycles. The lowest BCUT2D eigenvalue weighted by atomic mass is 9.99. The highest BCUT2D eigenvalue weighted by atomic mass is 16.3. The van der Waals surface area contributed by atoms with Crippen LogP contribution >= 0.6 is 0 Å². The second-order valence-electron chi connectivity index (χ2n) is 17.5. The molecule has 0 fully saturated rings. The van der Waals surface area contributed by atoms with E-state index in [0.29, 0.717) is 0 Å². The van der Waals surface area contributed by atoms with Crippen LogP contribution in [0.3, 0.4) is 0 Å². The predicted octanol–water partition coefficient (Wildman–Crippen LogP) is 17.2. The molecule has 0 unspecified atom stereocenters. The predicted molar refractivity (Wildman–Crippen MR) is 263 cm³/mol. The first-order valence-electron chi connectivity index (χ1n) is 21.6. The molecular formula is C58H48N2O2. The van der Waals surface area contributed by atoms with Crippen LogP contribution in [0.15, 0.2) is 154 Å². The van der Waals surface area contributed by atoms with Gasteiger partial charge in [-0.1, -0.05) is 59.7 Å². The van der Waals surface area contributed by atoms with Crippen molar-refractivity contribution in [3.8, 4) is 0 Å². The summed E-state index contributed by atoms with van der Waals surface area (Å²) in [6.07, 6.45) is 0. The van der Waals surface area contributed by atoms with Crippen LogP contribution in [0.25, 0.3) is 65.4 Å². The van der Waals surface area contributed by atoms with Crippen LogP contribution in [0.2, 0.25) is 0 Å². The van der Waals surface area contributed by atoms with Gasteiger partial charge in [0.05, 0.1) is 0 Å². The number of anilines is 6. The second kappa shape index (κ2) is 14.1. The normalized spacial score (nSPS) is 11.9. The molecule has 4 heteroatoms. The van der Waals surface area contributed by atoms with Crippen molar-refractivity contribution in [2.45, 2.75) is 55.4 Å². The summed E-state index contributed by atoms with van der Waals surface area (Å²) in [5.41, 5.74) is 20.5. The first kappa shape index (κ1) is 37.7. The zero-order valence-corrected chi connectivity index (χ0v) is 36.6. The van der Waals surface area contributed by atoms with Crippen LogP contribution in [0, 0.1) is 55.4 Å². The number of rotatable bonds is 6. The Kier molecular flexibility index (Phi) is 8.59. The maximum Gasteiger partial charge on any atom is 0.139 e. The summed E-state index contributed by atoms with van der Waals surface area (Å²) in [4.78, 5) is 4.75. The minimum atomic E-state index is 0.818. The molecule has 2 heterocycles. The molecule has 0 radical (unpaired) electrons. The fourth-order valence-corrected chi connectivity index (χ4v) is 9.39. The standard InChI is InChI=1S/C58H48N2O2/c1-33-9-17-45(18-10-33)59(53-23-13-35(3)37(5)39(53)7)47-21-15-41-27-49-51-31-52-50-28-42-16-22-48(60(46-19-11-34(2)12-20-46)54-24-14-36(4)38(6)40(54)8)26-44(42)30-56(50)62-58(52)32-57(51)61-55(49)29-43(41)25-47/h9-32H,1-8H3. The molecule has 0 aliphatic heterocycles. The topological polar surface area (TPSA) is 32.8 Å². The van der Waals surface area contributed by atoms with Crippen molar-refractivity contribution in [2.75, 3.05) is 9.80 Å². The molecule has 4 nitrogen and oxygen atoms in total. The average molecular weight is 805 g/mol. The molecule has 11 rings (SSSR count). The lowest BCUT2D eigenvalue weighted by molar-refractivity contribution is 0.656. The van der Waals surface area contributed by atoms with Crippen molar-refractivity contribution in [2.24, 2.45) is 0 Å². The highest BCUT2D eigenvalue weighted by Gasteiger charge is 2.21. The molecule has 62 heavy (non-hydrogen) atoms. The summed E-state index contributed by atoms with van der Waals surface area (Å²) in [6, 6.07) is 53.4. The summed E-state index contributed by atoms with van der Waals surface area (Å²) >= 11 is 0. The lowest BCUT2D eigenvalue weighted by Crippen LogP contribution is -2.12. The van der Waals surface area contributed by atoms with Gasteiger partial charge in [-0.15, -0.1) is 0 Å².